The van der Waals surface area contributed by atoms with Gasteiger partial charge in [-0.2, -0.15) is 0 Å². The molecule has 4 heteroatoms. The van der Waals surface area contributed by atoms with Gasteiger partial charge in [-0.15, -0.1) is 0 Å². The Morgan fingerprint density at radius 2 is 2.18 bits per heavy atom. The fraction of sp³-hybridized carbons (Fsp3) is 0.462. The largest absolute Gasteiger partial charge is 0.456 e. The van der Waals surface area contributed by atoms with E-state index in [9.17, 15) is 4.79 Å². The lowest BCUT2D eigenvalue weighted by atomic mass is 9.96. The van der Waals surface area contributed by atoms with E-state index in [1.807, 2.05) is 33.0 Å². The van der Waals surface area contributed by atoms with Gasteiger partial charge >= 0.3 is 5.97 Å². The van der Waals surface area contributed by atoms with Crippen LogP contribution in [-0.4, -0.2) is 32.0 Å². The third-order valence-electron chi connectivity index (χ3n) is 3.06. The molecule has 0 aliphatic carbocycles. The maximum absolute atomic E-state index is 11.9. The van der Waals surface area contributed by atoms with Crippen molar-refractivity contribution >= 4 is 13.8 Å². The summed E-state index contributed by atoms with van der Waals surface area (Å²) < 4.78 is 11.2. The molecule has 1 aromatic rings. The van der Waals surface area contributed by atoms with Crippen molar-refractivity contribution in [2.24, 2.45) is 0 Å². The first-order valence-corrected chi connectivity index (χ1v) is 6.12. The van der Waals surface area contributed by atoms with E-state index >= 15 is 0 Å². The Hall–Kier alpha value is -1.29. The Labute approximate surface area is 103 Å². The van der Waals surface area contributed by atoms with Crippen molar-refractivity contribution in [3.63, 3.8) is 0 Å². The van der Waals surface area contributed by atoms with Crippen LogP contribution in [0.25, 0.3) is 0 Å². The standard InChI is InChI=1S/C13H17BO3/c1-2-10-11(8-12(14)16-10)17-13(15)9-6-4-3-5-7-9/h3-7,10-12H,2,8,14H2,1H3/t10-,11?,12-/m1/s1. The third-order valence-corrected chi connectivity index (χ3v) is 3.06. The molecule has 1 aliphatic rings. The molecule has 0 bridgehead atoms. The molecular weight excluding hydrogens is 215 g/mol. The van der Waals surface area contributed by atoms with E-state index < -0.39 is 0 Å². The second kappa shape index (κ2) is 5.36. The first kappa shape index (κ1) is 12.2. The van der Waals surface area contributed by atoms with Crippen LogP contribution in [0.2, 0.25) is 0 Å². The molecule has 1 heterocycles. The molecule has 0 spiro atoms. The average Bonchev–Trinajstić information content (AvgIpc) is 2.70. The molecule has 1 aromatic carbocycles. The van der Waals surface area contributed by atoms with Gasteiger partial charge in [-0.3, -0.25) is 0 Å². The minimum Gasteiger partial charge on any atom is -0.456 e. The van der Waals surface area contributed by atoms with Crippen LogP contribution in [0.1, 0.15) is 30.1 Å². The Kier molecular flexibility index (Phi) is 3.84. The van der Waals surface area contributed by atoms with Crippen molar-refractivity contribution in [3.05, 3.63) is 35.9 Å². The third kappa shape index (κ3) is 2.89. The van der Waals surface area contributed by atoms with Gasteiger partial charge < -0.3 is 9.47 Å². The van der Waals surface area contributed by atoms with Crippen LogP contribution in [0.4, 0.5) is 0 Å². The van der Waals surface area contributed by atoms with Crippen molar-refractivity contribution in [2.45, 2.75) is 38.0 Å². The summed E-state index contributed by atoms with van der Waals surface area (Å²) in [5.41, 5.74) is 0.599. The van der Waals surface area contributed by atoms with Crippen molar-refractivity contribution in [3.8, 4) is 0 Å². The lowest BCUT2D eigenvalue weighted by Crippen LogP contribution is -2.26. The Morgan fingerprint density at radius 3 is 2.82 bits per heavy atom. The predicted octanol–water partition coefficient (Wildman–Crippen LogP) is 1.37. The molecule has 2 rings (SSSR count). The van der Waals surface area contributed by atoms with E-state index in [-0.39, 0.29) is 24.2 Å². The summed E-state index contributed by atoms with van der Waals surface area (Å²) in [5.74, 6) is -0.258. The summed E-state index contributed by atoms with van der Waals surface area (Å²) in [6.07, 6.45) is 1.59. The Bertz CT molecular complexity index is 380. The highest BCUT2D eigenvalue weighted by Crippen LogP contribution is 2.24. The van der Waals surface area contributed by atoms with Crippen molar-refractivity contribution in [1.29, 1.82) is 0 Å². The smallest absolute Gasteiger partial charge is 0.338 e. The van der Waals surface area contributed by atoms with Gasteiger partial charge in [0.05, 0.1) is 11.7 Å². The maximum Gasteiger partial charge on any atom is 0.338 e. The van der Waals surface area contributed by atoms with E-state index in [0.29, 0.717) is 5.56 Å². The number of ether oxygens (including phenoxy) is 2. The summed E-state index contributed by atoms with van der Waals surface area (Å²) in [4.78, 5) is 11.9. The summed E-state index contributed by atoms with van der Waals surface area (Å²) in [6, 6.07) is 9.26. The molecule has 17 heavy (non-hydrogen) atoms. The summed E-state index contributed by atoms with van der Waals surface area (Å²) in [5, 5.41) is 0. The zero-order valence-electron chi connectivity index (χ0n) is 10.3. The minimum atomic E-state index is -0.258. The van der Waals surface area contributed by atoms with Crippen LogP contribution in [0.3, 0.4) is 0 Å². The van der Waals surface area contributed by atoms with Crippen molar-refractivity contribution in [2.75, 3.05) is 0 Å². The number of hydrogen-bond acceptors (Lipinski definition) is 3. The number of hydrogen-bond donors (Lipinski definition) is 0. The number of carbonyl (C=O) groups is 1. The quantitative estimate of drug-likeness (QED) is 0.583. The molecule has 3 nitrogen and oxygen atoms in total. The van der Waals surface area contributed by atoms with Gasteiger partial charge in [-0.05, 0) is 18.6 Å². The highest BCUT2D eigenvalue weighted by Gasteiger charge is 2.34. The SMILES string of the molecule is B[C@H]1CC(OC(=O)c2ccccc2)[C@@H](CC)O1. The van der Waals surface area contributed by atoms with Gasteiger partial charge in [0.1, 0.15) is 14.0 Å². The second-order valence-electron chi connectivity index (χ2n) is 4.44. The van der Waals surface area contributed by atoms with Crippen LogP contribution in [-0.2, 0) is 9.47 Å². The molecule has 0 radical (unpaired) electrons. The molecule has 1 fully saturated rings. The van der Waals surface area contributed by atoms with Gasteiger partial charge in [0.15, 0.2) is 0 Å². The van der Waals surface area contributed by atoms with E-state index in [1.165, 1.54) is 0 Å². The van der Waals surface area contributed by atoms with E-state index in [0.717, 1.165) is 12.8 Å². The van der Waals surface area contributed by atoms with Gasteiger partial charge in [-0.25, -0.2) is 4.79 Å². The van der Waals surface area contributed by atoms with Crippen molar-refractivity contribution < 1.29 is 14.3 Å². The molecule has 0 N–H and O–H groups in total. The van der Waals surface area contributed by atoms with Crippen LogP contribution in [0.5, 0.6) is 0 Å². The Morgan fingerprint density at radius 1 is 1.47 bits per heavy atom. The zero-order chi connectivity index (χ0) is 12.3. The predicted molar refractivity (Wildman–Crippen MR) is 67.8 cm³/mol. The topological polar surface area (TPSA) is 35.5 Å². The lowest BCUT2D eigenvalue weighted by molar-refractivity contribution is -0.00353. The zero-order valence-corrected chi connectivity index (χ0v) is 10.3. The molecule has 1 aliphatic heterocycles. The fourth-order valence-corrected chi connectivity index (χ4v) is 2.18. The molecule has 1 unspecified atom stereocenters. The Balaban J connectivity index is 1.99. The van der Waals surface area contributed by atoms with Crippen molar-refractivity contribution in [1.82, 2.24) is 0 Å². The molecule has 0 saturated carbocycles. The van der Waals surface area contributed by atoms with Crippen LogP contribution < -0.4 is 0 Å². The lowest BCUT2D eigenvalue weighted by Gasteiger charge is -2.17. The summed E-state index contributed by atoms with van der Waals surface area (Å²) in [7, 11) is 2.01. The van der Waals surface area contributed by atoms with Crippen LogP contribution in [0.15, 0.2) is 30.3 Å². The molecular formula is C13H17BO3. The maximum atomic E-state index is 11.9. The average molecular weight is 232 g/mol. The van der Waals surface area contributed by atoms with Crippen LogP contribution in [0, 0.1) is 0 Å². The van der Waals surface area contributed by atoms with E-state index in [1.54, 1.807) is 12.1 Å². The van der Waals surface area contributed by atoms with Gasteiger partial charge in [0.25, 0.3) is 0 Å². The number of rotatable bonds is 3. The van der Waals surface area contributed by atoms with Gasteiger partial charge in [0.2, 0.25) is 0 Å². The number of esters is 1. The molecule has 1 saturated heterocycles. The normalized spacial score (nSPS) is 27.9. The monoisotopic (exact) mass is 232 g/mol. The number of carbonyl (C=O) groups excluding carboxylic acids is 1. The fourth-order valence-electron chi connectivity index (χ4n) is 2.18. The van der Waals surface area contributed by atoms with Gasteiger partial charge in [0, 0.05) is 12.4 Å². The molecule has 0 aromatic heterocycles. The van der Waals surface area contributed by atoms with E-state index in [2.05, 4.69) is 0 Å². The summed E-state index contributed by atoms with van der Waals surface area (Å²) >= 11 is 0. The summed E-state index contributed by atoms with van der Waals surface area (Å²) in [6.45, 7) is 2.05. The first-order valence-electron chi connectivity index (χ1n) is 6.12. The number of benzene rings is 1. The molecule has 3 atom stereocenters. The van der Waals surface area contributed by atoms with Crippen LogP contribution >= 0.6 is 0 Å². The van der Waals surface area contributed by atoms with Gasteiger partial charge in [-0.1, -0.05) is 25.1 Å². The first-order chi connectivity index (χ1) is 8.20. The molecule has 90 valence electrons. The highest BCUT2D eigenvalue weighted by molar-refractivity contribution is 6.11. The van der Waals surface area contributed by atoms with E-state index in [4.69, 9.17) is 9.47 Å². The second-order valence-corrected chi connectivity index (χ2v) is 4.44. The molecule has 0 amide bonds. The minimum absolute atomic E-state index is 0.0395. The highest BCUT2D eigenvalue weighted by atomic mass is 16.6.